The highest BCUT2D eigenvalue weighted by atomic mass is 16.3. The minimum absolute atomic E-state index is 0.125. The molecule has 0 saturated carbocycles. The molecule has 1 unspecified atom stereocenters. The van der Waals surface area contributed by atoms with Crippen LogP contribution in [0.2, 0.25) is 0 Å². The van der Waals surface area contributed by atoms with E-state index in [1.54, 1.807) is 6.07 Å². The average Bonchev–Trinajstić information content (AvgIpc) is 2.27. The van der Waals surface area contributed by atoms with E-state index >= 15 is 0 Å². The van der Waals surface area contributed by atoms with Crippen LogP contribution in [-0.4, -0.2) is 5.11 Å². The number of phenols is 1. The van der Waals surface area contributed by atoms with Gasteiger partial charge in [0.2, 0.25) is 0 Å². The highest BCUT2D eigenvalue weighted by Crippen LogP contribution is 2.59. The Kier molecular flexibility index (Phi) is 1.95. The van der Waals surface area contributed by atoms with Gasteiger partial charge in [-0.15, -0.1) is 0 Å². The molecule has 1 atom stereocenters. The van der Waals surface area contributed by atoms with Gasteiger partial charge in [-0.25, -0.2) is 0 Å². The average molecular weight is 204 g/mol. The Labute approximate surface area is 92.1 Å². The zero-order valence-corrected chi connectivity index (χ0v) is 10.3. The molecule has 0 saturated heterocycles. The fourth-order valence-corrected chi connectivity index (χ4v) is 2.80. The Morgan fingerprint density at radius 2 is 1.73 bits per heavy atom. The SMILES string of the molecule is CC1c2c(O)cccc2C(C)(C)C1(C)C. The molecule has 82 valence electrons. The van der Waals surface area contributed by atoms with E-state index in [0.717, 1.165) is 5.56 Å². The lowest BCUT2D eigenvalue weighted by Crippen LogP contribution is -2.33. The van der Waals surface area contributed by atoms with Crippen molar-refractivity contribution in [3.63, 3.8) is 0 Å². The molecule has 0 aromatic heterocycles. The maximum Gasteiger partial charge on any atom is 0.119 e. The van der Waals surface area contributed by atoms with Gasteiger partial charge in [0.1, 0.15) is 5.75 Å². The van der Waals surface area contributed by atoms with Crippen LogP contribution in [0.3, 0.4) is 0 Å². The van der Waals surface area contributed by atoms with E-state index in [2.05, 4.69) is 40.7 Å². The molecule has 1 aliphatic rings. The number of hydrogen-bond donors (Lipinski definition) is 1. The van der Waals surface area contributed by atoms with Crippen LogP contribution in [0.1, 0.15) is 51.7 Å². The lowest BCUT2D eigenvalue weighted by molar-refractivity contribution is 0.190. The molecule has 1 aliphatic carbocycles. The van der Waals surface area contributed by atoms with Crippen LogP contribution in [0.15, 0.2) is 18.2 Å². The number of rotatable bonds is 0. The van der Waals surface area contributed by atoms with Gasteiger partial charge in [0.05, 0.1) is 0 Å². The molecule has 0 amide bonds. The van der Waals surface area contributed by atoms with Crippen molar-refractivity contribution >= 4 is 0 Å². The highest BCUT2D eigenvalue weighted by Gasteiger charge is 2.51. The fourth-order valence-electron chi connectivity index (χ4n) is 2.80. The van der Waals surface area contributed by atoms with E-state index < -0.39 is 0 Å². The standard InChI is InChI=1S/C14H20O/c1-9-12-10(7-6-8-11(12)15)14(4,5)13(9,2)3/h6-9,15H,1-5H3. The highest BCUT2D eigenvalue weighted by molar-refractivity contribution is 5.51. The molecule has 1 aromatic rings. The van der Waals surface area contributed by atoms with E-state index in [1.165, 1.54) is 5.56 Å². The fraction of sp³-hybridized carbons (Fsp3) is 0.571. The second-order valence-electron chi connectivity index (χ2n) is 5.81. The lowest BCUT2D eigenvalue weighted by atomic mass is 9.65. The Hall–Kier alpha value is -0.980. The third-order valence-corrected chi connectivity index (χ3v) is 4.88. The Morgan fingerprint density at radius 3 is 2.27 bits per heavy atom. The first-order chi connectivity index (χ1) is 6.80. The number of fused-ring (bicyclic) bond motifs is 1. The lowest BCUT2D eigenvalue weighted by Gasteiger charge is -2.38. The van der Waals surface area contributed by atoms with Crippen molar-refractivity contribution in [3.8, 4) is 5.75 Å². The summed E-state index contributed by atoms with van der Waals surface area (Å²) >= 11 is 0. The summed E-state index contributed by atoms with van der Waals surface area (Å²) in [5, 5.41) is 9.97. The summed E-state index contributed by atoms with van der Waals surface area (Å²) < 4.78 is 0. The predicted molar refractivity (Wildman–Crippen MR) is 63.3 cm³/mol. The maximum atomic E-state index is 9.97. The number of aromatic hydroxyl groups is 1. The predicted octanol–water partition coefficient (Wildman–Crippen LogP) is 3.81. The van der Waals surface area contributed by atoms with E-state index in [-0.39, 0.29) is 10.8 Å². The maximum absolute atomic E-state index is 9.97. The second-order valence-corrected chi connectivity index (χ2v) is 5.81. The molecule has 0 fully saturated rings. The summed E-state index contributed by atoms with van der Waals surface area (Å²) in [5.41, 5.74) is 2.77. The van der Waals surface area contributed by atoms with Crippen molar-refractivity contribution in [3.05, 3.63) is 29.3 Å². The largest absolute Gasteiger partial charge is 0.508 e. The molecular formula is C14H20O. The van der Waals surface area contributed by atoms with Crippen molar-refractivity contribution in [2.45, 2.75) is 46.0 Å². The van der Waals surface area contributed by atoms with Crippen molar-refractivity contribution in [1.29, 1.82) is 0 Å². The van der Waals surface area contributed by atoms with Crippen molar-refractivity contribution < 1.29 is 5.11 Å². The van der Waals surface area contributed by atoms with Crippen LogP contribution in [0.4, 0.5) is 0 Å². The molecule has 0 radical (unpaired) electrons. The summed E-state index contributed by atoms with van der Waals surface area (Å²) in [4.78, 5) is 0. The van der Waals surface area contributed by atoms with Crippen molar-refractivity contribution in [2.24, 2.45) is 5.41 Å². The van der Waals surface area contributed by atoms with E-state index in [9.17, 15) is 5.11 Å². The van der Waals surface area contributed by atoms with Crippen LogP contribution in [0.25, 0.3) is 0 Å². The van der Waals surface area contributed by atoms with Gasteiger partial charge in [0, 0.05) is 5.56 Å². The third kappa shape index (κ3) is 1.09. The molecular weight excluding hydrogens is 184 g/mol. The molecule has 1 heteroatoms. The van der Waals surface area contributed by atoms with Crippen LogP contribution >= 0.6 is 0 Å². The third-order valence-electron chi connectivity index (χ3n) is 4.88. The number of phenolic OH excluding ortho intramolecular Hbond substituents is 1. The van der Waals surface area contributed by atoms with Gasteiger partial charge in [0.15, 0.2) is 0 Å². The molecule has 1 nitrogen and oxygen atoms in total. The van der Waals surface area contributed by atoms with Crippen molar-refractivity contribution in [1.82, 2.24) is 0 Å². The molecule has 0 spiro atoms. The van der Waals surface area contributed by atoms with E-state index in [4.69, 9.17) is 0 Å². The molecule has 2 rings (SSSR count). The van der Waals surface area contributed by atoms with Gasteiger partial charge in [-0.05, 0) is 28.4 Å². The van der Waals surface area contributed by atoms with Gasteiger partial charge < -0.3 is 5.11 Å². The molecule has 1 N–H and O–H groups in total. The topological polar surface area (TPSA) is 20.2 Å². The van der Waals surface area contributed by atoms with Gasteiger partial charge in [-0.3, -0.25) is 0 Å². The zero-order chi connectivity index (χ0) is 11.4. The van der Waals surface area contributed by atoms with E-state index in [1.807, 2.05) is 6.07 Å². The quantitative estimate of drug-likeness (QED) is 0.681. The molecule has 0 bridgehead atoms. The Morgan fingerprint density at radius 1 is 1.13 bits per heavy atom. The minimum Gasteiger partial charge on any atom is -0.508 e. The Balaban J connectivity index is 2.74. The van der Waals surface area contributed by atoms with Gasteiger partial charge in [-0.1, -0.05) is 46.8 Å². The second kappa shape index (κ2) is 2.78. The van der Waals surface area contributed by atoms with Gasteiger partial charge in [-0.2, -0.15) is 0 Å². The molecule has 0 heterocycles. The molecule has 15 heavy (non-hydrogen) atoms. The van der Waals surface area contributed by atoms with Crippen LogP contribution in [-0.2, 0) is 5.41 Å². The first-order valence-corrected chi connectivity index (χ1v) is 5.62. The van der Waals surface area contributed by atoms with Crippen LogP contribution < -0.4 is 0 Å². The first-order valence-electron chi connectivity index (χ1n) is 5.62. The smallest absolute Gasteiger partial charge is 0.119 e. The number of benzene rings is 1. The van der Waals surface area contributed by atoms with Gasteiger partial charge in [0.25, 0.3) is 0 Å². The normalized spacial score (nSPS) is 26.3. The summed E-state index contributed by atoms with van der Waals surface area (Å²) in [6, 6.07) is 5.90. The number of hydrogen-bond acceptors (Lipinski definition) is 1. The van der Waals surface area contributed by atoms with Crippen molar-refractivity contribution in [2.75, 3.05) is 0 Å². The van der Waals surface area contributed by atoms with Crippen LogP contribution in [0.5, 0.6) is 5.75 Å². The van der Waals surface area contributed by atoms with Gasteiger partial charge >= 0.3 is 0 Å². The summed E-state index contributed by atoms with van der Waals surface area (Å²) in [6.07, 6.45) is 0. The molecule has 0 aliphatic heterocycles. The summed E-state index contributed by atoms with van der Waals surface area (Å²) in [5.74, 6) is 0.863. The minimum atomic E-state index is 0.125. The molecule has 1 aromatic carbocycles. The zero-order valence-electron chi connectivity index (χ0n) is 10.3. The summed E-state index contributed by atoms with van der Waals surface area (Å²) in [7, 11) is 0. The Bertz CT molecular complexity index is 402. The van der Waals surface area contributed by atoms with E-state index in [0.29, 0.717) is 11.7 Å². The van der Waals surface area contributed by atoms with Crippen LogP contribution in [0, 0.1) is 5.41 Å². The summed E-state index contributed by atoms with van der Waals surface area (Å²) in [6.45, 7) is 11.3. The monoisotopic (exact) mass is 204 g/mol. The first kappa shape index (κ1) is 10.5.